The monoisotopic (exact) mass is 468 g/mol. The topological polar surface area (TPSA) is 102 Å². The minimum Gasteiger partial charge on any atom is -0.369 e. The molecular formula is C23H34F2N4O2S. The molecule has 1 atom stereocenters. The van der Waals surface area contributed by atoms with Crippen molar-refractivity contribution in [3.63, 3.8) is 0 Å². The average molecular weight is 469 g/mol. The predicted octanol–water partition coefficient (Wildman–Crippen LogP) is 4.02. The molecule has 4 N–H and O–H groups in total. The molecule has 0 spiro atoms. The van der Waals surface area contributed by atoms with Gasteiger partial charge in [0.15, 0.2) is 0 Å². The highest BCUT2D eigenvalue weighted by Gasteiger charge is 2.21. The molecule has 0 aliphatic rings. The van der Waals surface area contributed by atoms with Crippen molar-refractivity contribution in [3.05, 3.63) is 58.4 Å². The number of primary amides is 1. The number of aromatic nitrogens is 1. The van der Waals surface area contributed by atoms with E-state index in [1.165, 1.54) is 11.6 Å². The minimum absolute atomic E-state index is 0.0346. The van der Waals surface area contributed by atoms with Crippen LogP contribution in [0.1, 0.15) is 74.0 Å². The third-order valence-electron chi connectivity index (χ3n) is 4.61. The Morgan fingerprint density at radius 2 is 1.66 bits per heavy atom. The molecule has 1 aromatic carbocycles. The zero-order valence-corrected chi connectivity index (χ0v) is 20.4. The standard InChI is InChI=1S/C14H20F2N2O.C9H14N2OS/c1-7(2)9-5-11(14(15)16)18-13(8(3)4)10(9)6-12(17)19;1-11(2)7-8-3-5-9(6-4-8)13(10)12/h5,7-8,14H,6H2,1-4H3,(H2,17,19);3-6H,7,10H2,1-2H3. The summed E-state index contributed by atoms with van der Waals surface area (Å²) < 4.78 is 36.6. The summed E-state index contributed by atoms with van der Waals surface area (Å²) in [5.74, 6) is -0.478. The summed E-state index contributed by atoms with van der Waals surface area (Å²) in [5, 5.41) is 5.23. The molecule has 0 bridgehead atoms. The van der Waals surface area contributed by atoms with Gasteiger partial charge in [-0.05, 0) is 60.8 Å². The molecule has 0 aliphatic carbocycles. The van der Waals surface area contributed by atoms with Gasteiger partial charge >= 0.3 is 0 Å². The highest BCUT2D eigenvalue weighted by Crippen LogP contribution is 2.30. The third kappa shape index (κ3) is 8.72. The molecule has 0 fully saturated rings. The molecule has 1 aromatic heterocycles. The van der Waals surface area contributed by atoms with Crippen LogP contribution in [0.25, 0.3) is 0 Å². The largest absolute Gasteiger partial charge is 0.369 e. The second kappa shape index (κ2) is 12.7. The zero-order valence-electron chi connectivity index (χ0n) is 19.6. The van der Waals surface area contributed by atoms with Crippen molar-refractivity contribution >= 4 is 16.9 Å². The van der Waals surface area contributed by atoms with Gasteiger partial charge in [-0.15, -0.1) is 0 Å². The molecule has 6 nitrogen and oxygen atoms in total. The molecule has 9 heteroatoms. The SMILES string of the molecule is CC(C)c1cc(C(F)F)nc(C(C)C)c1CC(N)=O.CN(C)Cc1ccc(S(N)=O)cc1. The van der Waals surface area contributed by atoms with Gasteiger partial charge in [0, 0.05) is 12.2 Å². The molecule has 2 rings (SSSR count). The first-order chi connectivity index (χ1) is 14.8. The Hall–Kier alpha value is -2.23. The lowest BCUT2D eigenvalue weighted by atomic mass is 9.90. The van der Waals surface area contributed by atoms with Gasteiger partial charge in [0.1, 0.15) is 16.7 Å². The van der Waals surface area contributed by atoms with E-state index in [1.807, 2.05) is 53.9 Å². The quantitative estimate of drug-likeness (QED) is 0.611. The van der Waals surface area contributed by atoms with Gasteiger partial charge in [0.2, 0.25) is 5.91 Å². The number of rotatable bonds is 8. The summed E-state index contributed by atoms with van der Waals surface area (Å²) in [5.41, 5.74) is 8.17. The molecular weight excluding hydrogens is 434 g/mol. The van der Waals surface area contributed by atoms with E-state index in [1.54, 1.807) is 12.1 Å². The first kappa shape index (κ1) is 27.8. The van der Waals surface area contributed by atoms with E-state index >= 15 is 0 Å². The Labute approximate surface area is 192 Å². The van der Waals surface area contributed by atoms with E-state index in [4.69, 9.17) is 10.9 Å². The molecule has 1 unspecified atom stereocenters. The van der Waals surface area contributed by atoms with Crippen LogP contribution in [0.2, 0.25) is 0 Å². The number of nitrogens with zero attached hydrogens (tertiary/aromatic N) is 2. The van der Waals surface area contributed by atoms with Gasteiger partial charge < -0.3 is 10.6 Å². The minimum atomic E-state index is -2.61. The molecule has 2 aromatic rings. The van der Waals surface area contributed by atoms with Crippen LogP contribution in [0.4, 0.5) is 8.78 Å². The highest BCUT2D eigenvalue weighted by atomic mass is 32.2. The fourth-order valence-electron chi connectivity index (χ4n) is 3.20. The zero-order chi connectivity index (χ0) is 24.6. The number of nitrogens with two attached hydrogens (primary N) is 2. The molecule has 1 heterocycles. The summed E-state index contributed by atoms with van der Waals surface area (Å²) in [7, 11) is 2.65. The smallest absolute Gasteiger partial charge is 0.280 e. The number of benzene rings is 1. The summed E-state index contributed by atoms with van der Waals surface area (Å²) in [6.07, 6.45) is -2.57. The first-order valence-electron chi connectivity index (χ1n) is 10.3. The maximum absolute atomic E-state index is 12.9. The van der Waals surface area contributed by atoms with E-state index in [-0.39, 0.29) is 24.0 Å². The number of pyridine rings is 1. The Bertz CT molecular complexity index is 888. The van der Waals surface area contributed by atoms with Crippen LogP contribution in [0.3, 0.4) is 0 Å². The van der Waals surface area contributed by atoms with E-state index in [0.29, 0.717) is 16.2 Å². The van der Waals surface area contributed by atoms with Crippen molar-refractivity contribution in [1.29, 1.82) is 0 Å². The Kier molecular flexibility index (Phi) is 11.0. The number of halogens is 2. The van der Waals surface area contributed by atoms with Crippen molar-refractivity contribution in [2.75, 3.05) is 14.1 Å². The van der Waals surface area contributed by atoms with Crippen LogP contribution in [0.15, 0.2) is 35.2 Å². The number of hydrogen-bond acceptors (Lipinski definition) is 4. The van der Waals surface area contributed by atoms with Crippen molar-refractivity contribution in [2.45, 2.75) is 63.8 Å². The van der Waals surface area contributed by atoms with Crippen molar-refractivity contribution in [2.24, 2.45) is 10.9 Å². The van der Waals surface area contributed by atoms with Crippen molar-refractivity contribution in [3.8, 4) is 0 Å². The van der Waals surface area contributed by atoms with Gasteiger partial charge in [0.05, 0.1) is 11.3 Å². The number of alkyl halides is 2. The third-order valence-corrected chi connectivity index (χ3v) is 5.35. The number of hydrogen-bond donors (Lipinski definition) is 2. The van der Waals surface area contributed by atoms with Crippen LogP contribution in [0.5, 0.6) is 0 Å². The number of carbonyl (C=O) groups excluding carboxylic acids is 1. The Balaban J connectivity index is 0.000000343. The molecule has 32 heavy (non-hydrogen) atoms. The number of carbonyl (C=O) groups is 1. The summed E-state index contributed by atoms with van der Waals surface area (Å²) in [6.45, 7) is 8.42. The van der Waals surface area contributed by atoms with Crippen LogP contribution in [-0.2, 0) is 28.7 Å². The maximum atomic E-state index is 12.9. The number of amides is 1. The molecule has 0 saturated heterocycles. The van der Waals surface area contributed by atoms with Crippen molar-refractivity contribution in [1.82, 2.24) is 9.88 Å². The predicted molar refractivity (Wildman–Crippen MR) is 125 cm³/mol. The highest BCUT2D eigenvalue weighted by molar-refractivity contribution is 7.82. The van der Waals surface area contributed by atoms with Crippen LogP contribution < -0.4 is 10.9 Å². The fourth-order valence-corrected chi connectivity index (χ4v) is 3.60. The molecule has 0 aliphatic heterocycles. The molecule has 0 saturated carbocycles. The average Bonchev–Trinajstić information content (AvgIpc) is 2.67. The van der Waals surface area contributed by atoms with Gasteiger partial charge in [0.25, 0.3) is 6.43 Å². The van der Waals surface area contributed by atoms with Crippen molar-refractivity contribution < 1.29 is 17.8 Å². The normalized spacial score (nSPS) is 12.3. The van der Waals surface area contributed by atoms with E-state index in [0.717, 1.165) is 12.1 Å². The second-order valence-corrected chi connectivity index (χ2v) is 9.50. The lowest BCUT2D eigenvalue weighted by Gasteiger charge is -2.19. The second-order valence-electron chi connectivity index (χ2n) is 8.43. The summed E-state index contributed by atoms with van der Waals surface area (Å²) in [6, 6.07) is 8.88. The first-order valence-corrected chi connectivity index (χ1v) is 11.5. The van der Waals surface area contributed by atoms with Crippen LogP contribution in [-0.4, -0.2) is 34.1 Å². The fraction of sp³-hybridized carbons (Fsp3) is 0.478. The van der Waals surface area contributed by atoms with Gasteiger partial charge in [-0.25, -0.2) is 18.1 Å². The molecule has 178 valence electrons. The Morgan fingerprint density at radius 3 is 2.03 bits per heavy atom. The lowest BCUT2D eigenvalue weighted by molar-refractivity contribution is -0.117. The molecule has 1 amide bonds. The van der Waals surface area contributed by atoms with E-state index in [2.05, 4.69) is 9.88 Å². The lowest BCUT2D eigenvalue weighted by Crippen LogP contribution is -2.19. The Morgan fingerprint density at radius 1 is 1.09 bits per heavy atom. The van der Waals surface area contributed by atoms with Crippen LogP contribution >= 0.6 is 0 Å². The van der Waals surface area contributed by atoms with Crippen LogP contribution in [0, 0.1) is 0 Å². The van der Waals surface area contributed by atoms with Gasteiger partial charge in [-0.2, -0.15) is 0 Å². The summed E-state index contributed by atoms with van der Waals surface area (Å²) >= 11 is 0. The van der Waals surface area contributed by atoms with Gasteiger partial charge in [-0.1, -0.05) is 39.8 Å². The summed E-state index contributed by atoms with van der Waals surface area (Å²) in [4.78, 5) is 17.9. The molecule has 0 radical (unpaired) electrons. The van der Waals surface area contributed by atoms with E-state index in [9.17, 15) is 17.8 Å². The van der Waals surface area contributed by atoms with E-state index < -0.39 is 23.3 Å². The maximum Gasteiger partial charge on any atom is 0.280 e. The van der Waals surface area contributed by atoms with Gasteiger partial charge in [-0.3, -0.25) is 9.78 Å².